The highest BCUT2D eigenvalue weighted by molar-refractivity contribution is 7.84. The van der Waals surface area contributed by atoms with E-state index in [2.05, 4.69) is 5.32 Å². The van der Waals surface area contributed by atoms with Gasteiger partial charge in [0, 0.05) is 28.7 Å². The van der Waals surface area contributed by atoms with Crippen LogP contribution in [0.4, 0.5) is 5.69 Å². The highest BCUT2D eigenvalue weighted by Crippen LogP contribution is 2.13. The van der Waals surface area contributed by atoms with Crippen LogP contribution in [-0.2, 0) is 15.6 Å². The number of carbonyl (C=O) groups excluding carboxylic acids is 1. The van der Waals surface area contributed by atoms with Gasteiger partial charge >= 0.3 is 0 Å². The second-order valence-corrected chi connectivity index (χ2v) is 5.25. The minimum Gasteiger partial charge on any atom is -0.325 e. The van der Waals surface area contributed by atoms with Gasteiger partial charge in [-0.05, 0) is 12.1 Å². The maximum absolute atomic E-state index is 11.5. The number of nitriles is 1. The molecule has 0 aliphatic heterocycles. The molecule has 0 saturated carbocycles. The van der Waals surface area contributed by atoms with Crippen LogP contribution in [-0.4, -0.2) is 21.6 Å². The summed E-state index contributed by atoms with van der Waals surface area (Å²) >= 11 is 0. The van der Waals surface area contributed by atoms with E-state index < -0.39 is 10.8 Å². The van der Waals surface area contributed by atoms with E-state index in [0.717, 1.165) is 0 Å². The second kappa shape index (κ2) is 6.81. The Morgan fingerprint density at radius 2 is 2.18 bits per heavy atom. The minimum atomic E-state index is -0.939. The summed E-state index contributed by atoms with van der Waals surface area (Å²) in [6.45, 7) is 1.82. The van der Waals surface area contributed by atoms with Gasteiger partial charge in [0.15, 0.2) is 0 Å². The lowest BCUT2D eigenvalue weighted by Gasteiger charge is -2.06. The van der Waals surface area contributed by atoms with Crippen molar-refractivity contribution < 1.29 is 9.00 Å². The molecule has 0 radical (unpaired) electrons. The summed E-state index contributed by atoms with van der Waals surface area (Å²) in [5.41, 5.74) is 0.930. The highest BCUT2D eigenvalue weighted by atomic mass is 32.2. The number of nitrogens with zero attached hydrogens (tertiary/aromatic N) is 1. The van der Waals surface area contributed by atoms with Gasteiger partial charge in [0.1, 0.15) is 6.07 Å². The van der Waals surface area contributed by atoms with Crippen molar-refractivity contribution in [3.63, 3.8) is 0 Å². The molecule has 90 valence electrons. The number of carbonyl (C=O) groups is 1. The molecular weight excluding hydrogens is 236 g/mol. The summed E-state index contributed by atoms with van der Waals surface area (Å²) in [5, 5.41) is 11.5. The molecule has 0 bridgehead atoms. The van der Waals surface area contributed by atoms with Crippen LogP contribution in [0.1, 0.15) is 18.9 Å². The molecule has 0 fully saturated rings. The van der Waals surface area contributed by atoms with Crippen molar-refractivity contribution >= 4 is 22.4 Å². The number of amides is 1. The molecule has 4 nitrogen and oxygen atoms in total. The van der Waals surface area contributed by atoms with Crippen LogP contribution in [0, 0.1) is 11.3 Å². The van der Waals surface area contributed by atoms with Gasteiger partial charge in [-0.2, -0.15) is 5.26 Å². The van der Waals surface area contributed by atoms with Crippen LogP contribution in [0.2, 0.25) is 0 Å². The van der Waals surface area contributed by atoms with Crippen molar-refractivity contribution in [1.82, 2.24) is 0 Å². The van der Waals surface area contributed by atoms with Crippen molar-refractivity contribution in [3.8, 4) is 6.07 Å². The zero-order valence-electron chi connectivity index (χ0n) is 9.60. The molecule has 0 saturated heterocycles. The van der Waals surface area contributed by atoms with Crippen LogP contribution in [0.15, 0.2) is 24.3 Å². The summed E-state index contributed by atoms with van der Waals surface area (Å²) in [6.07, 6.45) is 0.209. The number of benzene rings is 1. The summed E-state index contributed by atoms with van der Waals surface area (Å²) < 4.78 is 11.2. The average Bonchev–Trinajstić information content (AvgIpc) is 2.36. The maximum Gasteiger partial charge on any atom is 0.225 e. The van der Waals surface area contributed by atoms with Crippen molar-refractivity contribution in [1.29, 1.82) is 5.26 Å². The molecule has 1 unspecified atom stereocenters. The molecule has 0 heterocycles. The van der Waals surface area contributed by atoms with Gasteiger partial charge in [-0.25, -0.2) is 0 Å². The molecule has 1 N–H and O–H groups in total. The third kappa shape index (κ3) is 4.37. The Morgan fingerprint density at radius 3 is 2.82 bits per heavy atom. The molecule has 1 amide bonds. The number of hydrogen-bond donors (Lipinski definition) is 1. The van der Waals surface area contributed by atoms with Gasteiger partial charge in [-0.3, -0.25) is 9.00 Å². The van der Waals surface area contributed by atoms with E-state index in [1.54, 1.807) is 24.3 Å². The molecule has 17 heavy (non-hydrogen) atoms. The van der Waals surface area contributed by atoms with Gasteiger partial charge in [0.05, 0.1) is 11.3 Å². The number of anilines is 1. The summed E-state index contributed by atoms with van der Waals surface area (Å²) in [4.78, 5) is 11.5. The maximum atomic E-state index is 11.5. The van der Waals surface area contributed by atoms with Gasteiger partial charge in [-0.15, -0.1) is 0 Å². The zero-order chi connectivity index (χ0) is 12.7. The van der Waals surface area contributed by atoms with E-state index in [-0.39, 0.29) is 12.3 Å². The molecule has 1 atom stereocenters. The SMILES string of the molecule is CCS(=O)CCC(=O)Nc1ccccc1C#N. The highest BCUT2D eigenvalue weighted by Gasteiger charge is 2.07. The standard InChI is InChI=1S/C12H14N2O2S/c1-2-17(16)8-7-12(15)14-11-6-4-3-5-10(11)9-13/h3-6H,2,7-8H2,1H3,(H,14,15). The molecule has 5 heteroatoms. The van der Waals surface area contributed by atoms with E-state index >= 15 is 0 Å². The van der Waals surface area contributed by atoms with E-state index in [1.165, 1.54) is 0 Å². The summed E-state index contributed by atoms with van der Waals surface area (Å²) in [7, 11) is -0.939. The Hall–Kier alpha value is -1.67. The third-order valence-corrected chi connectivity index (χ3v) is 3.50. The van der Waals surface area contributed by atoms with E-state index in [4.69, 9.17) is 5.26 Å². The van der Waals surface area contributed by atoms with Gasteiger partial charge in [0.25, 0.3) is 0 Å². The van der Waals surface area contributed by atoms with Crippen LogP contribution >= 0.6 is 0 Å². The monoisotopic (exact) mass is 250 g/mol. The Bertz CT molecular complexity index is 466. The van der Waals surface area contributed by atoms with Gasteiger partial charge in [0.2, 0.25) is 5.91 Å². The van der Waals surface area contributed by atoms with Crippen LogP contribution in [0.3, 0.4) is 0 Å². The lowest BCUT2D eigenvalue weighted by molar-refractivity contribution is -0.115. The van der Waals surface area contributed by atoms with Gasteiger partial charge < -0.3 is 5.32 Å². The number of nitrogens with one attached hydrogen (secondary N) is 1. The fourth-order valence-electron chi connectivity index (χ4n) is 1.25. The number of para-hydroxylation sites is 1. The van der Waals surface area contributed by atoms with Crippen LogP contribution in [0.25, 0.3) is 0 Å². The molecule has 0 aromatic heterocycles. The fourth-order valence-corrected chi connectivity index (χ4v) is 1.95. The molecule has 0 aliphatic carbocycles. The van der Waals surface area contributed by atoms with Crippen molar-refractivity contribution in [2.24, 2.45) is 0 Å². The predicted octanol–water partition coefficient (Wildman–Crippen LogP) is 1.66. The Balaban J connectivity index is 2.57. The third-order valence-electron chi connectivity index (χ3n) is 2.20. The molecule has 1 rings (SSSR count). The first-order valence-electron chi connectivity index (χ1n) is 5.31. The lowest BCUT2D eigenvalue weighted by Crippen LogP contribution is -2.16. The first-order chi connectivity index (χ1) is 8.17. The van der Waals surface area contributed by atoms with Gasteiger partial charge in [-0.1, -0.05) is 19.1 Å². The van der Waals surface area contributed by atoms with Crippen LogP contribution < -0.4 is 5.32 Å². The predicted molar refractivity (Wildman–Crippen MR) is 68.0 cm³/mol. The van der Waals surface area contributed by atoms with Crippen molar-refractivity contribution in [2.45, 2.75) is 13.3 Å². The lowest BCUT2D eigenvalue weighted by atomic mass is 10.2. The first-order valence-corrected chi connectivity index (χ1v) is 6.80. The largest absolute Gasteiger partial charge is 0.325 e. The smallest absolute Gasteiger partial charge is 0.225 e. The fraction of sp³-hybridized carbons (Fsp3) is 0.333. The first kappa shape index (κ1) is 13.4. The van der Waals surface area contributed by atoms with Crippen LogP contribution in [0.5, 0.6) is 0 Å². The number of rotatable bonds is 5. The molecule has 1 aromatic carbocycles. The summed E-state index contributed by atoms with van der Waals surface area (Å²) in [5.74, 6) is 0.702. The zero-order valence-corrected chi connectivity index (χ0v) is 10.4. The minimum absolute atomic E-state index is 0.209. The molecular formula is C12H14N2O2S. The van der Waals surface area contributed by atoms with E-state index in [1.807, 2.05) is 13.0 Å². The Morgan fingerprint density at radius 1 is 1.47 bits per heavy atom. The summed E-state index contributed by atoms with van der Waals surface area (Å²) in [6, 6.07) is 8.80. The molecule has 0 spiro atoms. The Labute approximate surface area is 103 Å². The normalized spacial score (nSPS) is 11.5. The molecule has 1 aromatic rings. The number of hydrogen-bond acceptors (Lipinski definition) is 3. The topological polar surface area (TPSA) is 70.0 Å². The molecule has 0 aliphatic rings. The van der Waals surface area contributed by atoms with Crippen molar-refractivity contribution in [2.75, 3.05) is 16.8 Å². The quantitative estimate of drug-likeness (QED) is 0.864. The van der Waals surface area contributed by atoms with E-state index in [9.17, 15) is 9.00 Å². The van der Waals surface area contributed by atoms with Crippen molar-refractivity contribution in [3.05, 3.63) is 29.8 Å². The second-order valence-electron chi connectivity index (χ2n) is 3.39. The Kier molecular flexibility index (Phi) is 5.37. The van der Waals surface area contributed by atoms with E-state index in [0.29, 0.717) is 22.8 Å². The average molecular weight is 250 g/mol.